The van der Waals surface area contributed by atoms with Crippen LogP contribution in [0.5, 0.6) is 0 Å². The lowest BCUT2D eigenvalue weighted by molar-refractivity contribution is 0.233. The summed E-state index contributed by atoms with van der Waals surface area (Å²) in [5.41, 5.74) is 2.72. The summed E-state index contributed by atoms with van der Waals surface area (Å²) in [4.78, 5) is 18.4. The average molecular weight is 383 g/mol. The summed E-state index contributed by atoms with van der Waals surface area (Å²) in [5, 5.41) is 9.43. The lowest BCUT2D eigenvalue weighted by Crippen LogP contribution is -2.36. The molecule has 0 aliphatic heterocycles. The van der Waals surface area contributed by atoms with Crippen molar-refractivity contribution in [2.45, 2.75) is 19.5 Å². The van der Waals surface area contributed by atoms with Crippen LogP contribution in [0.1, 0.15) is 24.4 Å². The van der Waals surface area contributed by atoms with E-state index in [1.807, 2.05) is 43.3 Å². The number of anilines is 1. The van der Waals surface area contributed by atoms with Gasteiger partial charge < -0.3 is 20.1 Å². The molecule has 2 amide bonds. The maximum absolute atomic E-state index is 13.0. The maximum atomic E-state index is 13.0. The fourth-order valence-electron chi connectivity index (χ4n) is 2.53. The third kappa shape index (κ3) is 4.85. The number of aromatic nitrogens is 2. The molecule has 1 heterocycles. The molecule has 0 spiro atoms. The number of urea groups is 1. The quantitative estimate of drug-likeness (QED) is 0.681. The van der Waals surface area contributed by atoms with Crippen molar-refractivity contribution >= 4 is 11.7 Å². The highest BCUT2D eigenvalue weighted by Gasteiger charge is 2.17. The number of hydrogen-bond donors (Lipinski definition) is 2. The molecule has 0 saturated carbocycles. The van der Waals surface area contributed by atoms with Crippen LogP contribution in [0.15, 0.2) is 53.1 Å². The van der Waals surface area contributed by atoms with Crippen molar-refractivity contribution in [1.82, 2.24) is 20.8 Å². The average Bonchev–Trinajstić information content (AvgIpc) is 3.17. The third-order valence-corrected chi connectivity index (χ3v) is 4.17. The minimum absolute atomic E-state index is 0.268. The van der Waals surface area contributed by atoms with E-state index < -0.39 is 6.04 Å². The second-order valence-corrected chi connectivity index (χ2v) is 6.57. The summed E-state index contributed by atoms with van der Waals surface area (Å²) < 4.78 is 18.2. The van der Waals surface area contributed by atoms with Gasteiger partial charge in [0.15, 0.2) is 0 Å². The molecule has 7 nitrogen and oxygen atoms in total. The fourth-order valence-corrected chi connectivity index (χ4v) is 2.53. The van der Waals surface area contributed by atoms with Crippen molar-refractivity contribution in [3.05, 3.63) is 65.8 Å². The van der Waals surface area contributed by atoms with Crippen LogP contribution in [0.3, 0.4) is 0 Å². The van der Waals surface area contributed by atoms with Gasteiger partial charge in [0, 0.05) is 31.9 Å². The minimum Gasteiger partial charge on any atom is -0.378 e. The van der Waals surface area contributed by atoms with Crippen molar-refractivity contribution in [2.24, 2.45) is 0 Å². The molecule has 0 bridgehead atoms. The number of amides is 2. The Morgan fingerprint density at radius 3 is 2.46 bits per heavy atom. The Morgan fingerprint density at radius 2 is 1.82 bits per heavy atom. The zero-order chi connectivity index (χ0) is 20.1. The van der Waals surface area contributed by atoms with Gasteiger partial charge in [-0.2, -0.15) is 4.98 Å². The molecule has 0 fully saturated rings. The molecule has 8 heteroatoms. The normalized spacial score (nSPS) is 11.7. The summed E-state index contributed by atoms with van der Waals surface area (Å²) in [6.07, 6.45) is 0. The largest absolute Gasteiger partial charge is 0.378 e. The standard InChI is InChI=1S/C20H22FN5O2/c1-13(19-24-18(25-28-19)15-6-8-16(21)9-7-15)23-20(27)22-12-14-4-10-17(11-5-14)26(2)3/h4-11,13H,12H2,1-3H3,(H2,22,23,27). The molecule has 0 radical (unpaired) electrons. The van der Waals surface area contributed by atoms with Crippen molar-refractivity contribution in [3.8, 4) is 11.4 Å². The molecule has 1 atom stereocenters. The SMILES string of the molecule is CC(NC(=O)NCc1ccc(N(C)C)cc1)c1nc(-c2ccc(F)cc2)no1. The number of nitrogens with zero attached hydrogens (tertiary/aromatic N) is 3. The molecule has 3 rings (SSSR count). The number of halogens is 1. The molecule has 1 aromatic heterocycles. The summed E-state index contributed by atoms with van der Waals surface area (Å²) in [6, 6.07) is 12.9. The Labute approximate surface area is 162 Å². The van der Waals surface area contributed by atoms with E-state index in [1.54, 1.807) is 19.1 Å². The molecule has 0 aliphatic carbocycles. The van der Waals surface area contributed by atoms with Gasteiger partial charge in [-0.25, -0.2) is 9.18 Å². The van der Waals surface area contributed by atoms with Gasteiger partial charge in [-0.15, -0.1) is 0 Å². The topological polar surface area (TPSA) is 83.3 Å². The molecule has 2 N–H and O–H groups in total. The van der Waals surface area contributed by atoms with Crippen LogP contribution in [-0.4, -0.2) is 30.3 Å². The first kappa shape index (κ1) is 19.3. The van der Waals surface area contributed by atoms with Gasteiger partial charge in [0.05, 0.1) is 0 Å². The first-order valence-corrected chi connectivity index (χ1v) is 8.82. The lowest BCUT2D eigenvalue weighted by Gasteiger charge is -2.14. The van der Waals surface area contributed by atoms with Gasteiger partial charge in [-0.1, -0.05) is 17.3 Å². The van der Waals surface area contributed by atoms with Gasteiger partial charge in [0.2, 0.25) is 11.7 Å². The molecule has 2 aromatic carbocycles. The van der Waals surface area contributed by atoms with Crippen molar-refractivity contribution in [3.63, 3.8) is 0 Å². The first-order valence-electron chi connectivity index (χ1n) is 8.82. The Balaban J connectivity index is 1.53. The first-order chi connectivity index (χ1) is 13.4. The minimum atomic E-state index is -0.474. The van der Waals surface area contributed by atoms with Crippen molar-refractivity contribution in [1.29, 1.82) is 0 Å². The molecule has 146 valence electrons. The van der Waals surface area contributed by atoms with Crippen LogP contribution >= 0.6 is 0 Å². The Morgan fingerprint density at radius 1 is 1.14 bits per heavy atom. The lowest BCUT2D eigenvalue weighted by atomic mass is 10.2. The fraction of sp³-hybridized carbons (Fsp3) is 0.250. The monoisotopic (exact) mass is 383 g/mol. The molecule has 0 aliphatic rings. The van der Waals surface area contributed by atoms with E-state index in [4.69, 9.17) is 4.52 Å². The smallest absolute Gasteiger partial charge is 0.315 e. The molecular weight excluding hydrogens is 361 g/mol. The second-order valence-electron chi connectivity index (χ2n) is 6.57. The van der Waals surface area contributed by atoms with Gasteiger partial charge in [-0.05, 0) is 48.9 Å². The van der Waals surface area contributed by atoms with E-state index in [0.717, 1.165) is 11.3 Å². The number of benzene rings is 2. The van der Waals surface area contributed by atoms with E-state index in [1.165, 1.54) is 12.1 Å². The molecular formula is C20H22FN5O2. The zero-order valence-corrected chi connectivity index (χ0v) is 15.9. The molecule has 0 saturated heterocycles. The number of nitrogens with one attached hydrogen (secondary N) is 2. The zero-order valence-electron chi connectivity index (χ0n) is 15.9. The van der Waals surface area contributed by atoms with Crippen LogP contribution in [0.4, 0.5) is 14.9 Å². The van der Waals surface area contributed by atoms with E-state index in [0.29, 0.717) is 17.9 Å². The molecule has 3 aromatic rings. The van der Waals surface area contributed by atoms with E-state index in [2.05, 4.69) is 20.8 Å². The number of carbonyl (C=O) groups excluding carboxylic acids is 1. The van der Waals surface area contributed by atoms with E-state index in [9.17, 15) is 9.18 Å². The predicted molar refractivity (Wildman–Crippen MR) is 104 cm³/mol. The third-order valence-electron chi connectivity index (χ3n) is 4.17. The van der Waals surface area contributed by atoms with Gasteiger partial charge in [0.1, 0.15) is 11.9 Å². The van der Waals surface area contributed by atoms with Gasteiger partial charge in [0.25, 0.3) is 0 Å². The highest BCUT2D eigenvalue weighted by Crippen LogP contribution is 2.19. The summed E-state index contributed by atoms with van der Waals surface area (Å²) in [7, 11) is 3.95. The van der Waals surface area contributed by atoms with E-state index in [-0.39, 0.29) is 17.7 Å². The number of carbonyl (C=O) groups is 1. The molecule has 28 heavy (non-hydrogen) atoms. The highest BCUT2D eigenvalue weighted by molar-refractivity contribution is 5.74. The predicted octanol–water partition coefficient (Wildman–Crippen LogP) is 3.50. The Kier molecular flexibility index (Phi) is 5.88. The van der Waals surface area contributed by atoms with Crippen LogP contribution in [0, 0.1) is 5.82 Å². The van der Waals surface area contributed by atoms with Crippen LogP contribution in [0.2, 0.25) is 0 Å². The Bertz CT molecular complexity index is 923. The Hall–Kier alpha value is -3.42. The summed E-state index contributed by atoms with van der Waals surface area (Å²) in [6.45, 7) is 2.14. The van der Waals surface area contributed by atoms with Crippen molar-refractivity contribution in [2.75, 3.05) is 19.0 Å². The van der Waals surface area contributed by atoms with Crippen molar-refractivity contribution < 1.29 is 13.7 Å². The van der Waals surface area contributed by atoms with Gasteiger partial charge >= 0.3 is 6.03 Å². The highest BCUT2D eigenvalue weighted by atomic mass is 19.1. The maximum Gasteiger partial charge on any atom is 0.315 e. The second kappa shape index (κ2) is 8.51. The number of rotatable bonds is 6. The van der Waals surface area contributed by atoms with Crippen LogP contribution < -0.4 is 15.5 Å². The van der Waals surface area contributed by atoms with Crippen LogP contribution in [-0.2, 0) is 6.54 Å². The van der Waals surface area contributed by atoms with E-state index >= 15 is 0 Å². The van der Waals surface area contributed by atoms with Crippen LogP contribution in [0.25, 0.3) is 11.4 Å². The summed E-state index contributed by atoms with van der Waals surface area (Å²) in [5.74, 6) is 0.269. The van der Waals surface area contributed by atoms with Gasteiger partial charge in [-0.3, -0.25) is 0 Å². The molecule has 1 unspecified atom stereocenters. The number of hydrogen-bond acceptors (Lipinski definition) is 5. The summed E-state index contributed by atoms with van der Waals surface area (Å²) >= 11 is 0.